The Morgan fingerprint density at radius 2 is 1.90 bits per heavy atom. The fraction of sp³-hybridized carbons (Fsp3) is 0.375. The molecule has 1 aromatic carbocycles. The average Bonchev–Trinajstić information content (AvgIpc) is 2.44. The van der Waals surface area contributed by atoms with E-state index in [9.17, 15) is 0 Å². The van der Waals surface area contributed by atoms with Gasteiger partial charge in [-0.25, -0.2) is 9.97 Å². The minimum atomic E-state index is 0.223. The Morgan fingerprint density at radius 1 is 1.15 bits per heavy atom. The molecule has 0 aliphatic rings. The Bertz CT molecular complexity index is 525. The molecule has 2 rings (SSSR count). The van der Waals surface area contributed by atoms with E-state index in [0.29, 0.717) is 5.95 Å². The molecule has 0 unspecified atom stereocenters. The van der Waals surface area contributed by atoms with Gasteiger partial charge in [0.05, 0.1) is 6.04 Å². The monoisotopic (exact) mass is 270 g/mol. The Hall–Kier alpha value is -1.94. The first-order valence-electron chi connectivity index (χ1n) is 6.91. The second-order valence-electron chi connectivity index (χ2n) is 5.22. The van der Waals surface area contributed by atoms with Crippen LogP contribution in [-0.4, -0.2) is 35.5 Å². The lowest BCUT2D eigenvalue weighted by Gasteiger charge is -2.21. The van der Waals surface area contributed by atoms with E-state index in [1.807, 2.05) is 19.1 Å². The molecule has 0 fully saturated rings. The Kier molecular flexibility index (Phi) is 5.07. The number of benzene rings is 1. The zero-order chi connectivity index (χ0) is 14.4. The lowest BCUT2D eigenvalue weighted by molar-refractivity contribution is 0.387. The van der Waals surface area contributed by atoms with E-state index >= 15 is 0 Å². The minimum Gasteiger partial charge on any atom is -0.347 e. The predicted octanol–water partition coefficient (Wildman–Crippen LogP) is 2.89. The topological polar surface area (TPSA) is 41.1 Å². The van der Waals surface area contributed by atoms with Crippen molar-refractivity contribution in [2.24, 2.45) is 0 Å². The first kappa shape index (κ1) is 14.5. The lowest BCUT2D eigenvalue weighted by atomic mass is 10.0. The third-order valence-electron chi connectivity index (χ3n) is 3.17. The zero-order valence-corrected chi connectivity index (χ0v) is 12.4. The molecule has 0 spiro atoms. The van der Waals surface area contributed by atoms with E-state index in [1.165, 1.54) is 5.56 Å². The van der Waals surface area contributed by atoms with Crippen molar-refractivity contribution in [1.82, 2.24) is 14.9 Å². The Balaban J connectivity index is 2.14. The zero-order valence-electron chi connectivity index (χ0n) is 12.4. The molecule has 0 aliphatic heterocycles. The van der Waals surface area contributed by atoms with Crippen molar-refractivity contribution in [2.45, 2.75) is 19.4 Å². The first-order valence-corrected chi connectivity index (χ1v) is 6.91. The molecule has 0 saturated heterocycles. The highest BCUT2D eigenvalue weighted by Crippen LogP contribution is 2.20. The summed E-state index contributed by atoms with van der Waals surface area (Å²) < 4.78 is 0. The number of anilines is 1. The second-order valence-corrected chi connectivity index (χ2v) is 5.22. The molecule has 0 radical (unpaired) electrons. The second kappa shape index (κ2) is 7.01. The van der Waals surface area contributed by atoms with Crippen molar-refractivity contribution in [2.75, 3.05) is 26.0 Å². The van der Waals surface area contributed by atoms with Crippen molar-refractivity contribution >= 4 is 5.95 Å². The van der Waals surface area contributed by atoms with Crippen molar-refractivity contribution in [3.8, 4) is 0 Å². The van der Waals surface area contributed by atoms with Crippen LogP contribution in [-0.2, 0) is 0 Å². The summed E-state index contributed by atoms with van der Waals surface area (Å²) in [6.07, 6.45) is 2.80. The van der Waals surface area contributed by atoms with Crippen molar-refractivity contribution in [1.29, 1.82) is 0 Å². The predicted molar refractivity (Wildman–Crippen MR) is 82.7 cm³/mol. The van der Waals surface area contributed by atoms with Crippen LogP contribution in [0.4, 0.5) is 5.95 Å². The van der Waals surface area contributed by atoms with Gasteiger partial charge in [-0.05, 0) is 45.6 Å². The maximum Gasteiger partial charge on any atom is 0.223 e. The van der Waals surface area contributed by atoms with Crippen LogP contribution in [0.15, 0.2) is 42.6 Å². The van der Waals surface area contributed by atoms with E-state index in [4.69, 9.17) is 0 Å². The normalized spacial score (nSPS) is 12.4. The molecule has 4 nitrogen and oxygen atoms in total. The third-order valence-corrected chi connectivity index (χ3v) is 3.17. The molecule has 0 bridgehead atoms. The van der Waals surface area contributed by atoms with Gasteiger partial charge in [-0.3, -0.25) is 0 Å². The van der Waals surface area contributed by atoms with E-state index < -0.39 is 0 Å². The number of nitrogens with one attached hydrogen (secondary N) is 1. The van der Waals surface area contributed by atoms with Gasteiger partial charge in [0, 0.05) is 11.9 Å². The number of aryl methyl sites for hydroxylation is 1. The van der Waals surface area contributed by atoms with Crippen LogP contribution in [0.2, 0.25) is 0 Å². The Morgan fingerprint density at radius 3 is 2.55 bits per heavy atom. The van der Waals surface area contributed by atoms with Crippen LogP contribution in [0.25, 0.3) is 0 Å². The van der Waals surface area contributed by atoms with Crippen LogP contribution in [0.3, 0.4) is 0 Å². The number of hydrogen-bond acceptors (Lipinski definition) is 4. The SMILES string of the molecule is Cc1ccnc(N[C@H](CCN(C)C)c2ccccc2)n1. The van der Waals surface area contributed by atoms with Crippen LogP contribution in [0, 0.1) is 6.92 Å². The van der Waals surface area contributed by atoms with Crippen molar-refractivity contribution < 1.29 is 0 Å². The van der Waals surface area contributed by atoms with Crippen molar-refractivity contribution in [3.63, 3.8) is 0 Å². The molecule has 106 valence electrons. The van der Waals surface area contributed by atoms with E-state index in [1.54, 1.807) is 6.20 Å². The summed E-state index contributed by atoms with van der Waals surface area (Å²) in [5.74, 6) is 0.692. The van der Waals surface area contributed by atoms with E-state index in [-0.39, 0.29) is 6.04 Å². The van der Waals surface area contributed by atoms with Gasteiger partial charge < -0.3 is 10.2 Å². The minimum absolute atomic E-state index is 0.223. The quantitative estimate of drug-likeness (QED) is 0.876. The maximum absolute atomic E-state index is 4.43. The molecule has 4 heteroatoms. The summed E-state index contributed by atoms with van der Waals surface area (Å²) in [6.45, 7) is 2.99. The highest BCUT2D eigenvalue weighted by molar-refractivity contribution is 5.32. The molecule has 1 heterocycles. The number of aromatic nitrogens is 2. The van der Waals surface area contributed by atoms with Gasteiger partial charge in [-0.1, -0.05) is 30.3 Å². The summed E-state index contributed by atoms with van der Waals surface area (Å²) in [5, 5.41) is 3.44. The van der Waals surface area contributed by atoms with Gasteiger partial charge in [0.25, 0.3) is 0 Å². The fourth-order valence-corrected chi connectivity index (χ4v) is 2.07. The molecule has 20 heavy (non-hydrogen) atoms. The first-order chi connectivity index (χ1) is 9.65. The van der Waals surface area contributed by atoms with Gasteiger partial charge in [0.2, 0.25) is 5.95 Å². The van der Waals surface area contributed by atoms with Crippen LogP contribution in [0.1, 0.15) is 23.7 Å². The molecule has 0 amide bonds. The van der Waals surface area contributed by atoms with Gasteiger partial charge in [0.15, 0.2) is 0 Å². The molecule has 0 aliphatic carbocycles. The van der Waals surface area contributed by atoms with E-state index in [2.05, 4.69) is 58.5 Å². The smallest absolute Gasteiger partial charge is 0.223 e. The third kappa shape index (κ3) is 4.31. The van der Waals surface area contributed by atoms with Gasteiger partial charge in [-0.2, -0.15) is 0 Å². The summed E-state index contributed by atoms with van der Waals surface area (Å²) in [7, 11) is 4.18. The molecule has 0 saturated carbocycles. The van der Waals surface area contributed by atoms with E-state index in [0.717, 1.165) is 18.7 Å². The van der Waals surface area contributed by atoms with Crippen LogP contribution in [0.5, 0.6) is 0 Å². The van der Waals surface area contributed by atoms with Crippen molar-refractivity contribution in [3.05, 3.63) is 53.9 Å². The highest BCUT2D eigenvalue weighted by Gasteiger charge is 2.12. The molecular weight excluding hydrogens is 248 g/mol. The lowest BCUT2D eigenvalue weighted by Crippen LogP contribution is -2.20. The summed E-state index contributed by atoms with van der Waals surface area (Å²) in [4.78, 5) is 10.9. The largest absolute Gasteiger partial charge is 0.347 e. The number of rotatable bonds is 6. The molecular formula is C16H22N4. The molecule has 1 atom stereocenters. The summed E-state index contributed by atoms with van der Waals surface area (Å²) in [5.41, 5.74) is 2.24. The fourth-order valence-electron chi connectivity index (χ4n) is 2.07. The average molecular weight is 270 g/mol. The summed E-state index contributed by atoms with van der Waals surface area (Å²) >= 11 is 0. The number of hydrogen-bond donors (Lipinski definition) is 1. The Labute approximate surface area is 120 Å². The van der Waals surface area contributed by atoms with Crippen LogP contribution < -0.4 is 5.32 Å². The maximum atomic E-state index is 4.43. The molecule has 1 aromatic heterocycles. The van der Waals surface area contributed by atoms with Gasteiger partial charge >= 0.3 is 0 Å². The number of nitrogens with zero attached hydrogens (tertiary/aromatic N) is 3. The molecule has 2 aromatic rings. The van der Waals surface area contributed by atoms with Gasteiger partial charge in [-0.15, -0.1) is 0 Å². The highest BCUT2D eigenvalue weighted by atomic mass is 15.1. The summed E-state index contributed by atoms with van der Waals surface area (Å²) in [6, 6.07) is 12.6. The van der Waals surface area contributed by atoms with Gasteiger partial charge in [0.1, 0.15) is 0 Å². The van der Waals surface area contributed by atoms with Crippen LogP contribution >= 0.6 is 0 Å². The molecule has 1 N–H and O–H groups in total. The standard InChI is InChI=1S/C16H22N4/c1-13-9-11-17-16(18-13)19-15(10-12-20(2)3)14-7-5-4-6-8-14/h4-9,11,15H,10,12H2,1-3H3,(H,17,18,19)/t15-/m1/s1.